The van der Waals surface area contributed by atoms with E-state index >= 15 is 0 Å². The first kappa shape index (κ1) is 24.8. The van der Waals surface area contributed by atoms with Crippen LogP contribution in [0, 0.1) is 0 Å². The molecule has 0 aliphatic heterocycles. The van der Waals surface area contributed by atoms with Crippen LogP contribution in [0.15, 0.2) is 54.6 Å². The smallest absolute Gasteiger partial charge is 0.407 e. The fourth-order valence-electron chi connectivity index (χ4n) is 3.25. The van der Waals surface area contributed by atoms with Crippen LogP contribution >= 0.6 is 0 Å². The van der Waals surface area contributed by atoms with E-state index in [1.165, 1.54) is 0 Å². The molecule has 3 aromatic rings. The molecule has 9 heteroatoms. The van der Waals surface area contributed by atoms with Crippen molar-refractivity contribution < 1.29 is 14.3 Å². The van der Waals surface area contributed by atoms with Gasteiger partial charge in [-0.05, 0) is 44.0 Å². The average molecular weight is 465 g/mol. The van der Waals surface area contributed by atoms with Gasteiger partial charge in [-0.2, -0.15) is 4.98 Å². The lowest BCUT2D eigenvalue weighted by Crippen LogP contribution is -2.34. The van der Waals surface area contributed by atoms with Crippen molar-refractivity contribution in [2.45, 2.75) is 39.6 Å². The summed E-state index contributed by atoms with van der Waals surface area (Å²) in [6, 6.07) is 17.6. The minimum atomic E-state index is -0.521. The monoisotopic (exact) mass is 464 g/mol. The number of hydrogen-bond acceptors (Lipinski definition) is 8. The van der Waals surface area contributed by atoms with E-state index in [2.05, 4.69) is 20.6 Å². The molecule has 2 aromatic carbocycles. The molecule has 1 amide bonds. The molecule has 34 heavy (non-hydrogen) atoms. The summed E-state index contributed by atoms with van der Waals surface area (Å²) in [5.74, 6) is 0.406. The highest BCUT2D eigenvalue weighted by Gasteiger charge is 2.16. The third kappa shape index (κ3) is 7.63. The van der Waals surface area contributed by atoms with E-state index in [1.54, 1.807) is 0 Å². The molecule has 6 N–H and O–H groups in total. The molecule has 3 rings (SSSR count). The molecular formula is C25H32N6O3. The summed E-state index contributed by atoms with van der Waals surface area (Å²) in [4.78, 5) is 20.2. The summed E-state index contributed by atoms with van der Waals surface area (Å²) in [6.07, 6.45) is -0.439. The lowest BCUT2D eigenvalue weighted by Gasteiger charge is -2.19. The van der Waals surface area contributed by atoms with Gasteiger partial charge in [0.25, 0.3) is 0 Å². The number of benzene rings is 2. The minimum Gasteiger partial charge on any atom is -0.444 e. The maximum absolute atomic E-state index is 11.7. The van der Waals surface area contributed by atoms with Gasteiger partial charge in [-0.3, -0.25) is 0 Å². The third-order valence-electron chi connectivity index (χ3n) is 4.68. The molecule has 180 valence electrons. The number of nitrogens with one attached hydrogen (secondary N) is 2. The largest absolute Gasteiger partial charge is 0.444 e. The molecule has 0 saturated carbocycles. The maximum atomic E-state index is 11.7. The first-order valence-electron chi connectivity index (χ1n) is 11.1. The van der Waals surface area contributed by atoms with E-state index in [9.17, 15) is 4.79 Å². The van der Waals surface area contributed by atoms with Gasteiger partial charge < -0.3 is 31.6 Å². The Hall–Kier alpha value is -3.85. The van der Waals surface area contributed by atoms with Gasteiger partial charge in [0.1, 0.15) is 11.4 Å². The molecule has 0 aliphatic carbocycles. The van der Waals surface area contributed by atoms with Crippen LogP contribution in [-0.2, 0) is 22.7 Å². The fourth-order valence-corrected chi connectivity index (χ4v) is 3.25. The van der Waals surface area contributed by atoms with Gasteiger partial charge in [0.2, 0.25) is 5.95 Å². The summed E-state index contributed by atoms with van der Waals surface area (Å²) < 4.78 is 11.1. The van der Waals surface area contributed by atoms with Crippen LogP contribution in [0.3, 0.4) is 0 Å². The molecule has 0 atom stereocenters. The lowest BCUT2D eigenvalue weighted by molar-refractivity contribution is 0.0530. The highest BCUT2D eigenvalue weighted by molar-refractivity contribution is 5.77. The van der Waals surface area contributed by atoms with Crippen LogP contribution in [0.2, 0.25) is 0 Å². The minimum absolute atomic E-state index is 0.107. The molecule has 0 fully saturated rings. The predicted octanol–water partition coefficient (Wildman–Crippen LogP) is 3.96. The Morgan fingerprint density at radius 1 is 0.941 bits per heavy atom. The fraction of sp³-hybridized carbons (Fsp3) is 0.320. The summed E-state index contributed by atoms with van der Waals surface area (Å²) in [5, 5.41) is 5.97. The van der Waals surface area contributed by atoms with E-state index in [1.807, 2.05) is 75.4 Å². The standard InChI is InChI=1S/C25H32N6O3/c1-25(2,3)34-24(32)29-14-13-28-19-11-9-18(10-12-19)21-20(30-23(27)31-22(21)26)16-33-15-17-7-5-4-6-8-17/h4-12,28H,13-16H2,1-3H3,(H,29,32)(H4,26,27,30,31). The highest BCUT2D eigenvalue weighted by Crippen LogP contribution is 2.30. The second-order valence-electron chi connectivity index (χ2n) is 8.70. The van der Waals surface area contributed by atoms with Gasteiger partial charge in [-0.1, -0.05) is 42.5 Å². The zero-order valence-electron chi connectivity index (χ0n) is 19.8. The Morgan fingerprint density at radius 3 is 2.32 bits per heavy atom. The summed E-state index contributed by atoms with van der Waals surface area (Å²) >= 11 is 0. The highest BCUT2D eigenvalue weighted by atomic mass is 16.6. The number of amides is 1. The van der Waals surface area contributed by atoms with Gasteiger partial charge in [-0.25, -0.2) is 9.78 Å². The van der Waals surface area contributed by atoms with E-state index in [0.29, 0.717) is 36.8 Å². The van der Waals surface area contributed by atoms with Crippen molar-refractivity contribution in [3.63, 3.8) is 0 Å². The number of nitrogen functional groups attached to an aromatic ring is 2. The number of nitrogens with zero attached hydrogens (tertiary/aromatic N) is 2. The van der Waals surface area contributed by atoms with Crippen molar-refractivity contribution >= 4 is 23.5 Å². The number of carbonyl (C=O) groups is 1. The summed E-state index contributed by atoms with van der Waals surface area (Å²) in [7, 11) is 0. The van der Waals surface area contributed by atoms with Crippen LogP contribution in [0.4, 0.5) is 22.2 Å². The van der Waals surface area contributed by atoms with Crippen LogP contribution in [-0.4, -0.2) is 34.8 Å². The zero-order valence-corrected chi connectivity index (χ0v) is 19.8. The van der Waals surface area contributed by atoms with Crippen LogP contribution in [0.5, 0.6) is 0 Å². The lowest BCUT2D eigenvalue weighted by atomic mass is 10.0. The normalized spacial score (nSPS) is 11.1. The second-order valence-corrected chi connectivity index (χ2v) is 8.70. The Labute approximate surface area is 199 Å². The van der Waals surface area contributed by atoms with Crippen molar-refractivity contribution in [2.24, 2.45) is 0 Å². The van der Waals surface area contributed by atoms with Crippen LogP contribution in [0.25, 0.3) is 11.1 Å². The van der Waals surface area contributed by atoms with Gasteiger partial charge in [-0.15, -0.1) is 0 Å². The molecule has 0 spiro atoms. The molecular weight excluding hydrogens is 432 g/mol. The molecule has 9 nitrogen and oxygen atoms in total. The number of ether oxygens (including phenoxy) is 2. The van der Waals surface area contributed by atoms with Gasteiger partial charge in [0.15, 0.2) is 0 Å². The van der Waals surface area contributed by atoms with Gasteiger partial charge in [0.05, 0.1) is 18.9 Å². The Kier molecular flexibility index (Phi) is 8.26. The van der Waals surface area contributed by atoms with Crippen molar-refractivity contribution in [3.05, 3.63) is 65.9 Å². The SMILES string of the molecule is CC(C)(C)OC(=O)NCCNc1ccc(-c2c(N)nc(N)nc2COCc2ccccc2)cc1. The maximum Gasteiger partial charge on any atom is 0.407 e. The number of carbonyl (C=O) groups excluding carboxylic acids is 1. The van der Waals surface area contributed by atoms with Crippen molar-refractivity contribution in [1.29, 1.82) is 0 Å². The van der Waals surface area contributed by atoms with Gasteiger partial charge in [0, 0.05) is 24.3 Å². The van der Waals surface area contributed by atoms with Crippen molar-refractivity contribution in [3.8, 4) is 11.1 Å². The van der Waals surface area contributed by atoms with Gasteiger partial charge >= 0.3 is 6.09 Å². The number of anilines is 3. The van der Waals surface area contributed by atoms with Crippen molar-refractivity contribution in [2.75, 3.05) is 29.9 Å². The molecule has 0 aliphatic rings. The zero-order chi connectivity index (χ0) is 24.6. The molecule has 1 aromatic heterocycles. The van der Waals surface area contributed by atoms with Crippen molar-refractivity contribution in [1.82, 2.24) is 15.3 Å². The first-order valence-corrected chi connectivity index (χ1v) is 11.1. The third-order valence-corrected chi connectivity index (χ3v) is 4.68. The number of nitrogens with two attached hydrogens (primary N) is 2. The summed E-state index contributed by atoms with van der Waals surface area (Å²) in [5.41, 5.74) is 15.6. The van der Waals surface area contributed by atoms with Crippen LogP contribution < -0.4 is 22.1 Å². The van der Waals surface area contributed by atoms with E-state index in [0.717, 1.165) is 16.8 Å². The molecule has 0 saturated heterocycles. The van der Waals surface area contributed by atoms with E-state index < -0.39 is 11.7 Å². The van der Waals surface area contributed by atoms with Crippen LogP contribution in [0.1, 0.15) is 32.0 Å². The molecule has 0 unspecified atom stereocenters. The average Bonchev–Trinajstić information content (AvgIpc) is 2.77. The van der Waals surface area contributed by atoms with E-state index in [4.69, 9.17) is 20.9 Å². The quantitative estimate of drug-likeness (QED) is 0.349. The molecule has 1 heterocycles. The second kappa shape index (κ2) is 11.3. The Morgan fingerprint density at radius 2 is 1.65 bits per heavy atom. The number of hydrogen-bond donors (Lipinski definition) is 4. The van der Waals surface area contributed by atoms with E-state index in [-0.39, 0.29) is 12.6 Å². The number of alkyl carbamates (subject to hydrolysis) is 1. The summed E-state index contributed by atoms with van der Waals surface area (Å²) in [6.45, 7) is 7.15. The number of aromatic nitrogens is 2. The molecule has 0 bridgehead atoms. The topological polar surface area (TPSA) is 137 Å². The Bertz CT molecular complexity index is 1080. The first-order chi connectivity index (χ1) is 16.2. The predicted molar refractivity (Wildman–Crippen MR) is 134 cm³/mol. The molecule has 0 radical (unpaired) electrons. The number of rotatable bonds is 9. The Balaban J connectivity index is 1.60.